The monoisotopic (exact) mass is 575 g/mol. The summed E-state index contributed by atoms with van der Waals surface area (Å²) in [6.45, 7) is 10.9. The maximum Gasteiger partial charge on any atom is 0.338 e. The second kappa shape index (κ2) is 10.1. The number of carbonyl (C=O) groups is 1. The molecular formula is C31H34ClN5O4. The molecule has 10 heteroatoms. The van der Waals surface area contributed by atoms with Gasteiger partial charge in [0.15, 0.2) is 0 Å². The zero-order chi connectivity index (χ0) is 29.1. The lowest BCUT2D eigenvalue weighted by molar-refractivity contribution is -0.384. The molecule has 6 rings (SSSR count). The van der Waals surface area contributed by atoms with E-state index in [9.17, 15) is 14.9 Å². The zero-order valence-corrected chi connectivity index (χ0v) is 24.4. The van der Waals surface area contributed by atoms with Gasteiger partial charge in [0.25, 0.3) is 5.69 Å². The molecule has 1 fully saturated rings. The third kappa shape index (κ3) is 4.55. The SMILES string of the molecule is C[C@@H]1C[C@@H](OC(=O)c2ccc([N+](=O)[O-])cc2)c2ncnc(N3c4ccc(Cl)cc4C4(CCNCC4)C3C(C)(C)C)c21. The van der Waals surface area contributed by atoms with Crippen LogP contribution in [-0.4, -0.2) is 40.0 Å². The fourth-order valence-electron chi connectivity index (χ4n) is 7.41. The number of ether oxygens (including phenoxy) is 1. The van der Waals surface area contributed by atoms with Crippen LogP contribution in [0.25, 0.3) is 0 Å². The molecule has 3 aromatic rings. The average Bonchev–Trinajstić information content (AvgIpc) is 3.40. The number of non-ortho nitro benzene ring substituents is 1. The number of nitro groups is 1. The van der Waals surface area contributed by atoms with E-state index in [4.69, 9.17) is 21.3 Å². The van der Waals surface area contributed by atoms with Gasteiger partial charge in [-0.15, -0.1) is 0 Å². The maximum absolute atomic E-state index is 13.1. The van der Waals surface area contributed by atoms with Crippen molar-refractivity contribution in [2.45, 2.75) is 70.4 Å². The quantitative estimate of drug-likeness (QED) is 0.210. The number of hydrogen-bond acceptors (Lipinski definition) is 8. The van der Waals surface area contributed by atoms with Crippen LogP contribution in [-0.2, 0) is 10.2 Å². The zero-order valence-electron chi connectivity index (χ0n) is 23.7. The molecule has 3 atom stereocenters. The first-order valence-electron chi connectivity index (χ1n) is 14.1. The van der Waals surface area contributed by atoms with Crippen LogP contribution >= 0.6 is 11.6 Å². The van der Waals surface area contributed by atoms with Crippen LogP contribution < -0.4 is 10.2 Å². The molecule has 2 aliphatic heterocycles. The van der Waals surface area contributed by atoms with E-state index in [1.165, 1.54) is 29.8 Å². The Kier molecular flexibility index (Phi) is 6.77. The number of nitrogens with zero attached hydrogens (tertiary/aromatic N) is 4. The van der Waals surface area contributed by atoms with Gasteiger partial charge < -0.3 is 15.0 Å². The minimum Gasteiger partial charge on any atom is -0.452 e. The summed E-state index contributed by atoms with van der Waals surface area (Å²) in [5, 5.41) is 15.3. The molecule has 1 unspecified atom stereocenters. The standard InChI is InChI=1S/C31H34ClN5O4/c1-18-15-24(41-28(38)19-5-8-21(9-6-19)37(39)40)26-25(18)27(35-17-34-26)36-23-10-7-20(32)16-22(23)31(11-13-33-14-12-31)29(36)30(2,3)4/h5-10,16-18,24,29,33H,11-15H2,1-4H3/t18-,24-,29?/m1/s1. The Hall–Kier alpha value is -3.56. The predicted molar refractivity (Wildman–Crippen MR) is 157 cm³/mol. The smallest absolute Gasteiger partial charge is 0.338 e. The lowest BCUT2D eigenvalue weighted by atomic mass is 9.63. The number of carbonyl (C=O) groups excluding carboxylic acids is 1. The number of esters is 1. The summed E-state index contributed by atoms with van der Waals surface area (Å²) in [7, 11) is 0. The molecule has 1 aromatic heterocycles. The molecule has 1 N–H and O–H groups in total. The Morgan fingerprint density at radius 1 is 1.15 bits per heavy atom. The molecule has 0 bridgehead atoms. The molecule has 9 nitrogen and oxygen atoms in total. The van der Waals surface area contributed by atoms with Crippen LogP contribution in [0.3, 0.4) is 0 Å². The van der Waals surface area contributed by atoms with Gasteiger partial charge in [0.1, 0.15) is 18.2 Å². The van der Waals surface area contributed by atoms with Gasteiger partial charge in [0.2, 0.25) is 0 Å². The van der Waals surface area contributed by atoms with Gasteiger partial charge in [-0.3, -0.25) is 10.1 Å². The van der Waals surface area contributed by atoms with Gasteiger partial charge in [0.05, 0.1) is 22.2 Å². The predicted octanol–water partition coefficient (Wildman–Crippen LogP) is 6.63. The van der Waals surface area contributed by atoms with Crippen molar-refractivity contribution < 1.29 is 14.5 Å². The molecule has 0 saturated carbocycles. The van der Waals surface area contributed by atoms with Crippen molar-refractivity contribution in [1.29, 1.82) is 0 Å². The van der Waals surface area contributed by atoms with Gasteiger partial charge in [-0.05, 0) is 79.6 Å². The van der Waals surface area contributed by atoms with E-state index in [2.05, 4.69) is 55.0 Å². The molecule has 214 valence electrons. The van der Waals surface area contributed by atoms with Gasteiger partial charge in [-0.1, -0.05) is 39.3 Å². The van der Waals surface area contributed by atoms with Crippen molar-refractivity contribution in [3.8, 4) is 0 Å². The van der Waals surface area contributed by atoms with Gasteiger partial charge in [-0.2, -0.15) is 0 Å². The van der Waals surface area contributed by atoms with Gasteiger partial charge >= 0.3 is 5.97 Å². The van der Waals surface area contributed by atoms with Crippen molar-refractivity contribution >= 4 is 34.8 Å². The fourth-order valence-corrected chi connectivity index (χ4v) is 7.58. The van der Waals surface area contributed by atoms with Crippen LogP contribution in [0.15, 0.2) is 48.8 Å². The second-order valence-corrected chi connectivity index (χ2v) is 13.0. The largest absolute Gasteiger partial charge is 0.452 e. The Morgan fingerprint density at radius 2 is 1.85 bits per heavy atom. The van der Waals surface area contributed by atoms with E-state index in [0.717, 1.165) is 48.0 Å². The van der Waals surface area contributed by atoms with E-state index < -0.39 is 17.0 Å². The van der Waals surface area contributed by atoms with Crippen molar-refractivity contribution in [3.63, 3.8) is 0 Å². The fraction of sp³-hybridized carbons (Fsp3) is 0.452. The highest BCUT2D eigenvalue weighted by Crippen LogP contribution is 2.59. The normalized spacial score (nSPS) is 22.9. The molecule has 3 aliphatic rings. The number of nitro benzene ring substituents is 1. The van der Waals surface area contributed by atoms with Gasteiger partial charge in [-0.25, -0.2) is 14.8 Å². The summed E-state index contributed by atoms with van der Waals surface area (Å²) in [6, 6.07) is 11.8. The first kappa shape index (κ1) is 27.6. The second-order valence-electron chi connectivity index (χ2n) is 12.5. The highest BCUT2D eigenvalue weighted by atomic mass is 35.5. The van der Waals surface area contributed by atoms with E-state index in [1.54, 1.807) is 6.33 Å². The van der Waals surface area contributed by atoms with Crippen molar-refractivity contribution in [2.75, 3.05) is 18.0 Å². The summed E-state index contributed by atoms with van der Waals surface area (Å²) >= 11 is 6.60. The van der Waals surface area contributed by atoms with Gasteiger partial charge in [0, 0.05) is 33.8 Å². The Bertz CT molecular complexity index is 1510. The van der Waals surface area contributed by atoms with Crippen LogP contribution in [0.2, 0.25) is 5.02 Å². The van der Waals surface area contributed by atoms with Crippen LogP contribution in [0, 0.1) is 15.5 Å². The van der Waals surface area contributed by atoms with Crippen molar-refractivity contribution in [1.82, 2.24) is 15.3 Å². The highest BCUT2D eigenvalue weighted by Gasteiger charge is 2.57. The first-order chi connectivity index (χ1) is 19.5. The number of benzene rings is 2. The van der Waals surface area contributed by atoms with E-state index in [-0.39, 0.29) is 34.0 Å². The number of nitrogens with one attached hydrogen (secondary N) is 1. The van der Waals surface area contributed by atoms with Crippen LogP contribution in [0.5, 0.6) is 0 Å². The summed E-state index contributed by atoms with van der Waals surface area (Å²) in [5.74, 6) is 0.375. The molecule has 1 spiro atoms. The highest BCUT2D eigenvalue weighted by molar-refractivity contribution is 6.30. The molecule has 3 heterocycles. The lowest BCUT2D eigenvalue weighted by Gasteiger charge is -2.48. The number of aromatic nitrogens is 2. The number of fused-ring (bicyclic) bond motifs is 3. The number of hydrogen-bond donors (Lipinski definition) is 1. The first-order valence-corrected chi connectivity index (χ1v) is 14.5. The third-order valence-corrected chi connectivity index (χ3v) is 9.14. The van der Waals surface area contributed by atoms with Crippen molar-refractivity contribution in [3.05, 3.63) is 86.3 Å². The molecular weight excluding hydrogens is 542 g/mol. The van der Waals surface area contributed by atoms with E-state index in [1.807, 2.05) is 6.07 Å². The number of halogens is 1. The molecule has 1 aliphatic carbocycles. The Balaban J connectivity index is 1.41. The third-order valence-electron chi connectivity index (χ3n) is 8.90. The minimum absolute atomic E-state index is 0.0526. The Morgan fingerprint density at radius 3 is 2.51 bits per heavy atom. The maximum atomic E-state index is 13.1. The summed E-state index contributed by atoms with van der Waals surface area (Å²) in [4.78, 5) is 35.5. The number of rotatable bonds is 4. The molecule has 0 radical (unpaired) electrons. The molecule has 41 heavy (non-hydrogen) atoms. The number of piperidine rings is 1. The summed E-state index contributed by atoms with van der Waals surface area (Å²) < 4.78 is 5.96. The molecule has 0 amide bonds. The van der Waals surface area contributed by atoms with E-state index >= 15 is 0 Å². The van der Waals surface area contributed by atoms with Crippen molar-refractivity contribution in [2.24, 2.45) is 5.41 Å². The topological polar surface area (TPSA) is 110 Å². The van der Waals surface area contributed by atoms with Crippen LogP contribution in [0.1, 0.15) is 86.2 Å². The summed E-state index contributed by atoms with van der Waals surface area (Å²) in [5.41, 5.74) is 4.10. The number of anilines is 2. The van der Waals surface area contributed by atoms with Crippen LogP contribution in [0.4, 0.5) is 17.2 Å². The minimum atomic E-state index is -0.544. The molecule has 2 aromatic carbocycles. The van der Waals surface area contributed by atoms with E-state index in [0.29, 0.717) is 12.1 Å². The average molecular weight is 576 g/mol. The molecule has 1 saturated heterocycles. The summed E-state index contributed by atoms with van der Waals surface area (Å²) in [6.07, 6.45) is 3.60. The Labute approximate surface area is 244 Å². The lowest BCUT2D eigenvalue weighted by Crippen LogP contribution is -2.55.